The van der Waals surface area contributed by atoms with Crippen molar-refractivity contribution in [3.05, 3.63) is 71.1 Å². The molecule has 6 nitrogen and oxygen atoms in total. The third-order valence-corrected chi connectivity index (χ3v) is 5.41. The van der Waals surface area contributed by atoms with Gasteiger partial charge >= 0.3 is 0 Å². The van der Waals surface area contributed by atoms with E-state index in [1.807, 2.05) is 18.2 Å². The summed E-state index contributed by atoms with van der Waals surface area (Å²) in [5.41, 5.74) is 1.19. The van der Waals surface area contributed by atoms with Crippen LogP contribution in [0.4, 0.5) is 0 Å². The number of ether oxygens (including phenoxy) is 1. The molecule has 1 aromatic heterocycles. The molecule has 0 aliphatic heterocycles. The van der Waals surface area contributed by atoms with Gasteiger partial charge < -0.3 is 14.5 Å². The lowest BCUT2D eigenvalue weighted by Gasteiger charge is -2.15. The van der Waals surface area contributed by atoms with Crippen LogP contribution in [0.2, 0.25) is 5.02 Å². The molecule has 29 heavy (non-hydrogen) atoms. The van der Waals surface area contributed by atoms with E-state index in [9.17, 15) is 4.79 Å². The Bertz CT molecular complexity index is 918. The summed E-state index contributed by atoms with van der Waals surface area (Å²) in [4.78, 5) is 12.4. The van der Waals surface area contributed by atoms with E-state index in [4.69, 9.17) is 20.8 Å². The van der Waals surface area contributed by atoms with Gasteiger partial charge in [-0.15, -0.1) is 10.2 Å². The van der Waals surface area contributed by atoms with Crippen LogP contribution in [-0.4, -0.2) is 27.9 Å². The lowest BCUT2D eigenvalue weighted by atomic mass is 10.0. The van der Waals surface area contributed by atoms with Gasteiger partial charge in [0.05, 0.1) is 5.25 Å². The summed E-state index contributed by atoms with van der Waals surface area (Å²) in [6.45, 7) is 4.60. The van der Waals surface area contributed by atoms with Crippen LogP contribution in [0.3, 0.4) is 0 Å². The fourth-order valence-corrected chi connectivity index (χ4v) is 3.37. The largest absolute Gasteiger partial charge is 0.484 e. The number of hydrogen-bond donors (Lipinski definition) is 1. The first-order valence-electron chi connectivity index (χ1n) is 9.21. The first-order valence-corrected chi connectivity index (χ1v) is 10.5. The monoisotopic (exact) mass is 431 g/mol. The summed E-state index contributed by atoms with van der Waals surface area (Å²) in [7, 11) is 0. The van der Waals surface area contributed by atoms with Crippen LogP contribution in [0.25, 0.3) is 0 Å². The Balaban J connectivity index is 1.44. The fraction of sp³-hybridized carbons (Fsp3) is 0.286. The van der Waals surface area contributed by atoms with Crippen molar-refractivity contribution in [2.45, 2.75) is 36.8 Å². The molecule has 0 aliphatic carbocycles. The van der Waals surface area contributed by atoms with Gasteiger partial charge in [0, 0.05) is 11.6 Å². The van der Waals surface area contributed by atoms with Crippen molar-refractivity contribution in [3.63, 3.8) is 0 Å². The maximum atomic E-state index is 12.4. The molecule has 2 unspecified atom stereocenters. The predicted molar refractivity (Wildman–Crippen MR) is 113 cm³/mol. The van der Waals surface area contributed by atoms with E-state index >= 15 is 0 Å². The number of amides is 1. The lowest BCUT2D eigenvalue weighted by molar-refractivity contribution is -0.120. The molecule has 2 aromatic carbocycles. The number of aromatic nitrogens is 2. The van der Waals surface area contributed by atoms with Gasteiger partial charge in [0.1, 0.15) is 5.75 Å². The number of carbonyl (C=O) groups excluding carboxylic acids is 1. The van der Waals surface area contributed by atoms with Crippen LogP contribution in [0.15, 0.2) is 64.2 Å². The third-order valence-electron chi connectivity index (χ3n) is 4.22. The zero-order chi connectivity index (χ0) is 20.6. The van der Waals surface area contributed by atoms with Crippen LogP contribution < -0.4 is 10.1 Å². The summed E-state index contributed by atoms with van der Waals surface area (Å²) in [5, 5.41) is 11.5. The molecular formula is C21H22ClN3O3S. The molecule has 0 fully saturated rings. The molecule has 0 radical (unpaired) electrons. The van der Waals surface area contributed by atoms with Gasteiger partial charge in [-0.1, -0.05) is 60.6 Å². The van der Waals surface area contributed by atoms with Gasteiger partial charge in [0.15, 0.2) is 6.61 Å². The fourth-order valence-electron chi connectivity index (χ4n) is 2.52. The average molecular weight is 432 g/mol. The first kappa shape index (κ1) is 21.2. The molecule has 1 amide bonds. The minimum absolute atomic E-state index is 0.0741. The molecule has 2 atom stereocenters. The molecule has 0 saturated carbocycles. The van der Waals surface area contributed by atoms with Crippen LogP contribution >= 0.6 is 23.4 Å². The Labute approximate surface area is 179 Å². The van der Waals surface area contributed by atoms with Crippen molar-refractivity contribution in [1.29, 1.82) is 0 Å². The maximum absolute atomic E-state index is 12.4. The van der Waals surface area contributed by atoms with Crippen molar-refractivity contribution < 1.29 is 13.9 Å². The molecule has 3 rings (SSSR count). The highest BCUT2D eigenvalue weighted by molar-refractivity contribution is 8.00. The van der Waals surface area contributed by atoms with E-state index in [0.717, 1.165) is 0 Å². The maximum Gasteiger partial charge on any atom is 0.277 e. The Morgan fingerprint density at radius 3 is 2.59 bits per heavy atom. The molecule has 1 heterocycles. The molecule has 0 bridgehead atoms. The molecule has 0 spiro atoms. The zero-order valence-electron chi connectivity index (χ0n) is 16.2. The van der Waals surface area contributed by atoms with Gasteiger partial charge in [-0.25, -0.2) is 0 Å². The Kier molecular flexibility index (Phi) is 7.55. The van der Waals surface area contributed by atoms with E-state index in [2.05, 4.69) is 34.6 Å². The average Bonchev–Trinajstić information content (AvgIpc) is 3.19. The van der Waals surface area contributed by atoms with Crippen molar-refractivity contribution in [2.75, 3.05) is 6.54 Å². The van der Waals surface area contributed by atoms with E-state index in [-0.39, 0.29) is 23.7 Å². The van der Waals surface area contributed by atoms with E-state index in [1.54, 1.807) is 31.2 Å². The number of nitrogens with one attached hydrogen (secondary N) is 1. The Morgan fingerprint density at radius 1 is 1.14 bits per heavy atom. The second kappa shape index (κ2) is 10.3. The highest BCUT2D eigenvalue weighted by atomic mass is 35.5. The summed E-state index contributed by atoms with van der Waals surface area (Å²) in [6.07, 6.45) is 0. The van der Waals surface area contributed by atoms with Crippen LogP contribution in [0.5, 0.6) is 5.75 Å². The van der Waals surface area contributed by atoms with Crippen molar-refractivity contribution in [2.24, 2.45) is 0 Å². The second-order valence-electron chi connectivity index (χ2n) is 6.52. The van der Waals surface area contributed by atoms with Crippen molar-refractivity contribution in [3.8, 4) is 5.75 Å². The standard InChI is InChI=1S/C21H22ClN3O3S/c1-14(16-6-4-3-5-7-16)12-23-20(26)15(2)29-21-25-24-19(28-21)13-27-18-10-8-17(22)9-11-18/h3-11,14-15H,12-13H2,1-2H3,(H,23,26). The van der Waals surface area contributed by atoms with Gasteiger partial charge in [0.25, 0.3) is 11.1 Å². The molecular weight excluding hydrogens is 410 g/mol. The predicted octanol–water partition coefficient (Wildman–Crippen LogP) is 4.70. The number of carbonyl (C=O) groups is 1. The molecule has 3 aromatic rings. The molecule has 1 N–H and O–H groups in total. The van der Waals surface area contributed by atoms with Crippen molar-refractivity contribution >= 4 is 29.3 Å². The Morgan fingerprint density at radius 2 is 1.86 bits per heavy atom. The van der Waals surface area contributed by atoms with Crippen LogP contribution in [-0.2, 0) is 11.4 Å². The number of hydrogen-bond acceptors (Lipinski definition) is 6. The highest BCUT2D eigenvalue weighted by Crippen LogP contribution is 2.23. The van der Waals surface area contributed by atoms with Gasteiger partial charge in [-0.05, 0) is 42.7 Å². The lowest BCUT2D eigenvalue weighted by Crippen LogP contribution is -2.33. The summed E-state index contributed by atoms with van der Waals surface area (Å²) in [6, 6.07) is 17.1. The molecule has 0 aliphatic rings. The Hall–Kier alpha value is -2.51. The summed E-state index contributed by atoms with van der Waals surface area (Å²) in [5.74, 6) is 1.15. The number of thioether (sulfide) groups is 1. The molecule has 0 saturated heterocycles. The van der Waals surface area contributed by atoms with E-state index in [0.29, 0.717) is 28.4 Å². The molecule has 152 valence electrons. The van der Waals surface area contributed by atoms with Crippen LogP contribution in [0, 0.1) is 0 Å². The SMILES string of the molecule is CC(Sc1nnc(COc2ccc(Cl)cc2)o1)C(=O)NCC(C)c1ccccc1. The van der Waals surface area contributed by atoms with E-state index < -0.39 is 0 Å². The first-order chi connectivity index (χ1) is 14.0. The topological polar surface area (TPSA) is 77.2 Å². The van der Waals surface area contributed by atoms with Crippen LogP contribution in [0.1, 0.15) is 31.2 Å². The van der Waals surface area contributed by atoms with Gasteiger partial charge in [0.2, 0.25) is 5.91 Å². The summed E-state index contributed by atoms with van der Waals surface area (Å²) < 4.78 is 11.1. The van der Waals surface area contributed by atoms with Gasteiger partial charge in [-0.2, -0.15) is 0 Å². The van der Waals surface area contributed by atoms with E-state index in [1.165, 1.54) is 17.3 Å². The number of halogens is 1. The minimum Gasteiger partial charge on any atom is -0.484 e. The quantitative estimate of drug-likeness (QED) is 0.495. The molecule has 8 heteroatoms. The number of rotatable bonds is 9. The minimum atomic E-state index is -0.358. The second-order valence-corrected chi connectivity index (χ2v) is 8.25. The third kappa shape index (κ3) is 6.51. The normalized spacial score (nSPS) is 12.9. The zero-order valence-corrected chi connectivity index (χ0v) is 17.7. The number of benzene rings is 2. The smallest absolute Gasteiger partial charge is 0.277 e. The highest BCUT2D eigenvalue weighted by Gasteiger charge is 2.19. The summed E-state index contributed by atoms with van der Waals surface area (Å²) >= 11 is 7.06. The van der Waals surface area contributed by atoms with Crippen molar-refractivity contribution in [1.82, 2.24) is 15.5 Å². The van der Waals surface area contributed by atoms with Gasteiger partial charge in [-0.3, -0.25) is 4.79 Å². The number of nitrogens with zero attached hydrogens (tertiary/aromatic N) is 2.